The lowest BCUT2D eigenvalue weighted by molar-refractivity contribution is 0.306. The van der Waals surface area contributed by atoms with Crippen LogP contribution in [0.3, 0.4) is 0 Å². The molecule has 0 aliphatic heterocycles. The van der Waals surface area contributed by atoms with E-state index in [1.165, 1.54) is 0 Å². The van der Waals surface area contributed by atoms with E-state index in [-0.39, 0.29) is 0 Å². The Bertz CT molecular complexity index is 1350. The van der Waals surface area contributed by atoms with Gasteiger partial charge in [-0.1, -0.05) is 54.6 Å². The highest BCUT2D eigenvalue weighted by molar-refractivity contribution is 5.78. The van der Waals surface area contributed by atoms with E-state index in [9.17, 15) is 0 Å². The summed E-state index contributed by atoms with van der Waals surface area (Å²) in [7, 11) is 1.67. The summed E-state index contributed by atoms with van der Waals surface area (Å²) in [5, 5.41) is 5.69. The lowest BCUT2D eigenvalue weighted by Crippen LogP contribution is -2.06. The van der Waals surface area contributed by atoms with Crippen molar-refractivity contribution in [1.82, 2.24) is 14.8 Å². The molecular weight excluding hydrogens is 398 g/mol. The second kappa shape index (κ2) is 8.94. The Morgan fingerprint density at radius 1 is 0.844 bits per heavy atom. The van der Waals surface area contributed by atoms with Gasteiger partial charge in [0, 0.05) is 17.1 Å². The van der Waals surface area contributed by atoms with E-state index in [1.54, 1.807) is 13.3 Å². The summed E-state index contributed by atoms with van der Waals surface area (Å²) < 4.78 is 13.6. The van der Waals surface area contributed by atoms with Gasteiger partial charge in [0.2, 0.25) is 0 Å². The molecule has 0 bridgehead atoms. The van der Waals surface area contributed by atoms with Crippen LogP contribution in [0.25, 0.3) is 22.2 Å². The van der Waals surface area contributed by atoms with Gasteiger partial charge in [-0.25, -0.2) is 0 Å². The van der Waals surface area contributed by atoms with Crippen LogP contribution < -0.4 is 9.47 Å². The van der Waals surface area contributed by atoms with E-state index in [4.69, 9.17) is 14.5 Å². The average molecular weight is 422 g/mol. The van der Waals surface area contributed by atoms with Gasteiger partial charge in [-0.05, 0) is 42.0 Å². The molecule has 5 rings (SSSR count). The number of hydrogen-bond acceptors (Lipinski definition) is 4. The van der Waals surface area contributed by atoms with Gasteiger partial charge in [0.25, 0.3) is 0 Å². The van der Waals surface area contributed by atoms with Crippen molar-refractivity contribution in [2.45, 2.75) is 13.2 Å². The molecule has 2 heterocycles. The van der Waals surface area contributed by atoms with Crippen LogP contribution in [0.1, 0.15) is 11.3 Å². The van der Waals surface area contributed by atoms with Crippen molar-refractivity contribution < 1.29 is 9.47 Å². The zero-order chi connectivity index (χ0) is 21.8. The van der Waals surface area contributed by atoms with Gasteiger partial charge in [-0.3, -0.25) is 9.67 Å². The van der Waals surface area contributed by atoms with Gasteiger partial charge in [-0.15, -0.1) is 0 Å². The maximum absolute atomic E-state index is 6.20. The summed E-state index contributed by atoms with van der Waals surface area (Å²) in [5.41, 5.74) is 4.92. The molecule has 5 nitrogen and oxygen atoms in total. The second-order valence-corrected chi connectivity index (χ2v) is 7.51. The van der Waals surface area contributed by atoms with Gasteiger partial charge in [0.1, 0.15) is 18.1 Å². The molecule has 0 N–H and O–H groups in total. The smallest absolute Gasteiger partial charge is 0.129 e. The normalized spacial score (nSPS) is 10.9. The topological polar surface area (TPSA) is 49.2 Å². The van der Waals surface area contributed by atoms with Crippen LogP contribution in [0, 0.1) is 0 Å². The van der Waals surface area contributed by atoms with Crippen molar-refractivity contribution in [3.8, 4) is 22.8 Å². The zero-order valence-corrected chi connectivity index (χ0v) is 17.8. The number of nitrogens with zero attached hydrogens (tertiary/aromatic N) is 3. The summed E-state index contributed by atoms with van der Waals surface area (Å²) in [5.74, 6) is 1.55. The number of fused-ring (bicyclic) bond motifs is 1. The largest absolute Gasteiger partial charge is 0.497 e. The van der Waals surface area contributed by atoms with E-state index in [1.807, 2.05) is 71.4 Å². The van der Waals surface area contributed by atoms with Gasteiger partial charge in [0.05, 0.1) is 30.6 Å². The van der Waals surface area contributed by atoms with E-state index < -0.39 is 0 Å². The van der Waals surface area contributed by atoms with Gasteiger partial charge >= 0.3 is 0 Å². The Balaban J connectivity index is 1.47. The summed E-state index contributed by atoms with van der Waals surface area (Å²) in [4.78, 5) is 4.80. The van der Waals surface area contributed by atoms with Crippen molar-refractivity contribution >= 4 is 10.9 Å². The highest BCUT2D eigenvalue weighted by Gasteiger charge is 2.14. The number of pyridine rings is 1. The fourth-order valence-electron chi connectivity index (χ4n) is 3.73. The molecule has 0 saturated heterocycles. The highest BCUT2D eigenvalue weighted by Crippen LogP contribution is 2.34. The molecule has 0 radical (unpaired) electrons. The molecule has 0 fully saturated rings. The summed E-state index contributed by atoms with van der Waals surface area (Å²) in [6.07, 6.45) is 1.80. The second-order valence-electron chi connectivity index (χ2n) is 7.51. The third kappa shape index (κ3) is 4.18. The van der Waals surface area contributed by atoms with Crippen LogP contribution in [0.4, 0.5) is 0 Å². The Kier molecular flexibility index (Phi) is 5.54. The first kappa shape index (κ1) is 19.8. The first-order valence-corrected chi connectivity index (χ1v) is 10.5. The number of para-hydroxylation sites is 1. The minimum atomic E-state index is 0.487. The van der Waals surface area contributed by atoms with Crippen LogP contribution in [-0.4, -0.2) is 21.9 Å². The number of rotatable bonds is 7. The molecule has 0 unspecified atom stereocenters. The Hall–Kier alpha value is -4.12. The van der Waals surface area contributed by atoms with Gasteiger partial charge < -0.3 is 9.47 Å². The number of ether oxygens (including phenoxy) is 2. The number of aromatic nitrogens is 3. The van der Waals surface area contributed by atoms with Crippen LogP contribution >= 0.6 is 0 Å². The lowest BCUT2D eigenvalue weighted by Gasteiger charge is -2.15. The molecule has 5 aromatic rings. The van der Waals surface area contributed by atoms with Gasteiger partial charge in [0.15, 0.2) is 0 Å². The van der Waals surface area contributed by atoms with E-state index in [0.29, 0.717) is 13.2 Å². The lowest BCUT2D eigenvalue weighted by atomic mass is 10.1. The van der Waals surface area contributed by atoms with E-state index in [0.717, 1.165) is 44.9 Å². The van der Waals surface area contributed by atoms with E-state index >= 15 is 0 Å². The molecule has 0 atom stereocenters. The van der Waals surface area contributed by atoms with Crippen LogP contribution in [0.5, 0.6) is 11.5 Å². The zero-order valence-electron chi connectivity index (χ0n) is 17.8. The summed E-state index contributed by atoms with van der Waals surface area (Å²) in [6, 6.07) is 30.2. The van der Waals surface area contributed by atoms with Gasteiger partial charge in [-0.2, -0.15) is 5.10 Å². The third-order valence-corrected chi connectivity index (χ3v) is 5.38. The van der Waals surface area contributed by atoms with Crippen molar-refractivity contribution in [3.05, 3.63) is 108 Å². The molecule has 0 spiro atoms. The standard InChI is InChI=1S/C27H23N3O2/c1-31-23-13-14-27(32-19-20-7-3-2-4-8-20)24(17-23)26-15-16-28-30(26)18-22-12-11-21-9-5-6-10-25(21)29-22/h2-17H,18-19H2,1H3. The first-order chi connectivity index (χ1) is 15.8. The van der Waals surface area contributed by atoms with Crippen molar-refractivity contribution in [2.24, 2.45) is 0 Å². The van der Waals surface area contributed by atoms with Crippen molar-refractivity contribution in [1.29, 1.82) is 0 Å². The Labute approximate surface area is 186 Å². The molecular formula is C27H23N3O2. The molecule has 32 heavy (non-hydrogen) atoms. The minimum Gasteiger partial charge on any atom is -0.497 e. The average Bonchev–Trinajstić information content (AvgIpc) is 3.31. The predicted octanol–water partition coefficient (Wildman–Crippen LogP) is 5.73. The SMILES string of the molecule is COc1ccc(OCc2ccccc2)c(-c2ccnn2Cc2ccc3ccccc3n2)c1. The fraction of sp³-hybridized carbons (Fsp3) is 0.111. The number of benzene rings is 3. The van der Waals surface area contributed by atoms with Crippen molar-refractivity contribution in [3.63, 3.8) is 0 Å². The maximum atomic E-state index is 6.20. The van der Waals surface area contributed by atoms with Crippen LogP contribution in [0.15, 0.2) is 97.2 Å². The molecule has 0 amide bonds. The monoisotopic (exact) mass is 421 g/mol. The molecule has 0 saturated carbocycles. The molecule has 0 aliphatic carbocycles. The van der Waals surface area contributed by atoms with E-state index in [2.05, 4.69) is 29.4 Å². The molecule has 3 aromatic carbocycles. The number of methoxy groups -OCH3 is 1. The Morgan fingerprint density at radius 2 is 1.69 bits per heavy atom. The number of hydrogen-bond donors (Lipinski definition) is 0. The maximum Gasteiger partial charge on any atom is 0.129 e. The fourth-order valence-corrected chi connectivity index (χ4v) is 3.73. The molecule has 5 heteroatoms. The summed E-state index contributed by atoms with van der Waals surface area (Å²) >= 11 is 0. The predicted molar refractivity (Wildman–Crippen MR) is 126 cm³/mol. The quantitative estimate of drug-likeness (QED) is 0.337. The Morgan fingerprint density at radius 3 is 2.56 bits per heavy atom. The molecule has 158 valence electrons. The molecule has 0 aliphatic rings. The van der Waals surface area contributed by atoms with Crippen LogP contribution in [-0.2, 0) is 13.2 Å². The molecule has 2 aromatic heterocycles. The third-order valence-electron chi connectivity index (χ3n) is 5.38. The van der Waals surface area contributed by atoms with Crippen LogP contribution in [0.2, 0.25) is 0 Å². The first-order valence-electron chi connectivity index (χ1n) is 10.5. The van der Waals surface area contributed by atoms with Crippen molar-refractivity contribution in [2.75, 3.05) is 7.11 Å². The minimum absolute atomic E-state index is 0.487. The highest BCUT2D eigenvalue weighted by atomic mass is 16.5. The summed E-state index contributed by atoms with van der Waals surface area (Å²) in [6.45, 7) is 1.04.